The molecule has 0 saturated heterocycles. The second-order valence-corrected chi connectivity index (χ2v) is 3.66. The molecule has 0 aromatic heterocycles. The van der Waals surface area contributed by atoms with E-state index in [1.807, 2.05) is 6.92 Å². The van der Waals surface area contributed by atoms with E-state index in [4.69, 9.17) is 0 Å². The number of hydrogen-bond donors (Lipinski definition) is 0. The molecular weight excluding hydrogens is 201 g/mol. The highest BCUT2D eigenvalue weighted by Crippen LogP contribution is 2.30. The zero-order valence-corrected chi connectivity index (χ0v) is 8.64. The second kappa shape index (κ2) is 4.69. The Morgan fingerprint density at radius 1 is 1.20 bits per heavy atom. The molecule has 0 aliphatic heterocycles. The Morgan fingerprint density at radius 2 is 1.73 bits per heavy atom. The van der Waals surface area contributed by atoms with Crippen LogP contribution in [0.2, 0.25) is 0 Å². The van der Waals surface area contributed by atoms with Gasteiger partial charge in [-0.15, -0.1) is 0 Å². The van der Waals surface area contributed by atoms with Crippen LogP contribution >= 0.6 is 0 Å². The molecule has 0 bridgehead atoms. The Hall–Kier alpha value is -0.990. The molecule has 1 rings (SSSR count). The fraction of sp³-hybridized carbons (Fsp3) is 0.417. The van der Waals surface area contributed by atoms with E-state index in [0.29, 0.717) is 0 Å². The third-order valence-electron chi connectivity index (χ3n) is 2.44. The van der Waals surface area contributed by atoms with Gasteiger partial charge in [0.25, 0.3) is 0 Å². The molecule has 0 aliphatic carbocycles. The first-order valence-electron chi connectivity index (χ1n) is 4.91. The molecule has 0 N–H and O–H groups in total. The maximum absolute atomic E-state index is 12.3. The normalized spacial score (nSPS) is 13.9. The van der Waals surface area contributed by atoms with Crippen LogP contribution in [0.4, 0.5) is 13.2 Å². The van der Waals surface area contributed by atoms with Crippen molar-refractivity contribution in [3.63, 3.8) is 0 Å². The summed E-state index contributed by atoms with van der Waals surface area (Å²) in [5.41, 5.74) is 0.347. The van der Waals surface area contributed by atoms with Crippen LogP contribution in [0, 0.1) is 6.92 Å². The van der Waals surface area contributed by atoms with Gasteiger partial charge >= 0.3 is 6.18 Å². The van der Waals surface area contributed by atoms with Gasteiger partial charge in [0.05, 0.1) is 5.56 Å². The topological polar surface area (TPSA) is 0 Å². The predicted octanol–water partition coefficient (Wildman–Crippen LogP) is 4.42. The van der Waals surface area contributed by atoms with Crippen LogP contribution in [0.3, 0.4) is 0 Å². The van der Waals surface area contributed by atoms with E-state index >= 15 is 0 Å². The molecule has 0 heterocycles. The monoisotopic (exact) mass is 215 g/mol. The van der Waals surface area contributed by atoms with Crippen molar-refractivity contribution in [2.45, 2.75) is 31.9 Å². The number of hydrogen-bond acceptors (Lipinski definition) is 0. The van der Waals surface area contributed by atoms with Crippen LogP contribution in [0.25, 0.3) is 0 Å². The Bertz CT molecular complexity index is 298. The van der Waals surface area contributed by atoms with Gasteiger partial charge in [-0.3, -0.25) is 0 Å². The van der Waals surface area contributed by atoms with Gasteiger partial charge in [-0.05, 0) is 30.0 Å². The molecule has 1 unspecified atom stereocenters. The summed E-state index contributed by atoms with van der Waals surface area (Å²) in [4.78, 5) is 0. The van der Waals surface area contributed by atoms with Crippen LogP contribution in [0.1, 0.15) is 36.8 Å². The Kier molecular flexibility index (Phi) is 3.77. The van der Waals surface area contributed by atoms with E-state index in [-0.39, 0.29) is 5.92 Å². The molecular formula is C12H14F3. The zero-order chi connectivity index (χ0) is 11.5. The van der Waals surface area contributed by atoms with Gasteiger partial charge in [0.2, 0.25) is 0 Å². The first-order chi connectivity index (χ1) is 6.95. The van der Waals surface area contributed by atoms with E-state index in [9.17, 15) is 13.2 Å². The first kappa shape index (κ1) is 12.1. The fourth-order valence-corrected chi connectivity index (χ4v) is 1.47. The van der Waals surface area contributed by atoms with Crippen LogP contribution in [-0.2, 0) is 6.18 Å². The summed E-state index contributed by atoms with van der Waals surface area (Å²) < 4.78 is 36.8. The molecule has 1 aromatic carbocycles. The highest BCUT2D eigenvalue weighted by atomic mass is 19.4. The van der Waals surface area contributed by atoms with Gasteiger partial charge in [-0.1, -0.05) is 32.4 Å². The summed E-state index contributed by atoms with van der Waals surface area (Å²) in [6.07, 6.45) is -2.55. The quantitative estimate of drug-likeness (QED) is 0.700. The van der Waals surface area contributed by atoms with E-state index in [0.717, 1.165) is 30.5 Å². The van der Waals surface area contributed by atoms with Crippen LogP contribution in [0.5, 0.6) is 0 Å². The van der Waals surface area contributed by atoms with E-state index < -0.39 is 11.7 Å². The zero-order valence-electron chi connectivity index (χ0n) is 8.64. The standard InChI is InChI=1S/C12H14F3/c1-3-4-9(2)10-5-7-11(8-6-10)12(13,14)15/h5-9H,1,3-4H2,2H3. The summed E-state index contributed by atoms with van der Waals surface area (Å²) in [7, 11) is 0. The van der Waals surface area contributed by atoms with Crippen LogP contribution in [-0.4, -0.2) is 0 Å². The van der Waals surface area contributed by atoms with Crippen molar-refractivity contribution in [2.24, 2.45) is 0 Å². The molecule has 1 aromatic rings. The Labute approximate surface area is 88.1 Å². The van der Waals surface area contributed by atoms with Crippen LogP contribution in [0.15, 0.2) is 24.3 Å². The maximum Gasteiger partial charge on any atom is 0.416 e. The second-order valence-electron chi connectivity index (χ2n) is 3.66. The lowest BCUT2D eigenvalue weighted by molar-refractivity contribution is -0.137. The number of alkyl halides is 3. The molecule has 1 radical (unpaired) electrons. The highest BCUT2D eigenvalue weighted by molar-refractivity contribution is 5.26. The molecule has 0 spiro atoms. The smallest absolute Gasteiger partial charge is 0.166 e. The van der Waals surface area contributed by atoms with Crippen molar-refractivity contribution in [2.75, 3.05) is 0 Å². The van der Waals surface area contributed by atoms with Gasteiger partial charge in [0.15, 0.2) is 0 Å². The van der Waals surface area contributed by atoms with Gasteiger partial charge in [-0.2, -0.15) is 13.2 Å². The average molecular weight is 215 g/mol. The molecule has 3 heteroatoms. The lowest BCUT2D eigenvalue weighted by Gasteiger charge is -2.12. The molecule has 83 valence electrons. The number of benzene rings is 1. The Morgan fingerprint density at radius 3 is 2.13 bits per heavy atom. The van der Waals surface area contributed by atoms with Gasteiger partial charge in [0.1, 0.15) is 0 Å². The minimum absolute atomic E-state index is 0.268. The minimum atomic E-state index is -4.24. The summed E-state index contributed by atoms with van der Waals surface area (Å²) in [5.74, 6) is 0.268. The fourth-order valence-electron chi connectivity index (χ4n) is 1.47. The molecule has 1 atom stereocenters. The lowest BCUT2D eigenvalue weighted by atomic mass is 9.96. The van der Waals surface area contributed by atoms with Gasteiger partial charge < -0.3 is 0 Å². The predicted molar refractivity (Wildman–Crippen MR) is 54.5 cm³/mol. The molecule has 0 amide bonds. The van der Waals surface area contributed by atoms with Crippen molar-refractivity contribution >= 4 is 0 Å². The molecule has 15 heavy (non-hydrogen) atoms. The Balaban J connectivity index is 2.81. The largest absolute Gasteiger partial charge is 0.416 e. The molecule has 0 aliphatic rings. The van der Waals surface area contributed by atoms with Crippen molar-refractivity contribution < 1.29 is 13.2 Å². The van der Waals surface area contributed by atoms with Crippen LogP contribution < -0.4 is 0 Å². The third-order valence-corrected chi connectivity index (χ3v) is 2.44. The minimum Gasteiger partial charge on any atom is -0.166 e. The molecule has 0 saturated carbocycles. The highest BCUT2D eigenvalue weighted by Gasteiger charge is 2.30. The van der Waals surface area contributed by atoms with Crippen molar-refractivity contribution in [1.29, 1.82) is 0 Å². The third kappa shape index (κ3) is 3.26. The summed E-state index contributed by atoms with van der Waals surface area (Å²) in [6, 6.07) is 5.36. The van der Waals surface area contributed by atoms with E-state index in [2.05, 4.69) is 6.92 Å². The lowest BCUT2D eigenvalue weighted by Crippen LogP contribution is -2.05. The van der Waals surface area contributed by atoms with Crippen molar-refractivity contribution in [3.8, 4) is 0 Å². The van der Waals surface area contributed by atoms with E-state index in [1.54, 1.807) is 12.1 Å². The first-order valence-corrected chi connectivity index (χ1v) is 4.91. The van der Waals surface area contributed by atoms with Crippen molar-refractivity contribution in [1.82, 2.24) is 0 Å². The van der Waals surface area contributed by atoms with Gasteiger partial charge in [-0.25, -0.2) is 0 Å². The van der Waals surface area contributed by atoms with E-state index in [1.165, 1.54) is 0 Å². The molecule has 0 nitrogen and oxygen atoms in total. The summed E-state index contributed by atoms with van der Waals surface area (Å²) in [6.45, 7) is 5.72. The number of rotatable bonds is 3. The SMILES string of the molecule is [CH2]CCC(C)c1ccc(C(F)(F)F)cc1. The van der Waals surface area contributed by atoms with Gasteiger partial charge in [0, 0.05) is 0 Å². The average Bonchev–Trinajstić information content (AvgIpc) is 2.17. The maximum atomic E-state index is 12.3. The summed E-state index contributed by atoms with van der Waals surface area (Å²) >= 11 is 0. The van der Waals surface area contributed by atoms with Crippen molar-refractivity contribution in [3.05, 3.63) is 42.3 Å². The molecule has 0 fully saturated rings. The summed E-state index contributed by atoms with van der Waals surface area (Å²) in [5, 5.41) is 0. The number of halogens is 3.